The molecule has 0 amide bonds. The summed E-state index contributed by atoms with van der Waals surface area (Å²) in [6.45, 7) is 2.46. The van der Waals surface area contributed by atoms with Gasteiger partial charge in [0.2, 0.25) is 0 Å². The molecule has 1 aromatic rings. The molecule has 1 unspecified atom stereocenters. The van der Waals surface area contributed by atoms with Gasteiger partial charge >= 0.3 is 0 Å². The molecule has 0 aromatic carbocycles. The van der Waals surface area contributed by atoms with Crippen molar-refractivity contribution in [2.45, 2.75) is 23.2 Å². The number of aryl methyl sites for hydroxylation is 1. The van der Waals surface area contributed by atoms with Crippen molar-refractivity contribution in [3.05, 3.63) is 12.5 Å². The summed E-state index contributed by atoms with van der Waals surface area (Å²) in [5.41, 5.74) is 0. The highest BCUT2D eigenvalue weighted by Gasteiger charge is 2.22. The van der Waals surface area contributed by atoms with Crippen LogP contribution in [0.4, 0.5) is 0 Å². The average Bonchev–Trinajstić information content (AvgIpc) is 2.61. The van der Waals surface area contributed by atoms with E-state index in [-0.39, 0.29) is 5.03 Å². The Bertz CT molecular complexity index is 441. The summed E-state index contributed by atoms with van der Waals surface area (Å²) in [5, 5.41) is 0.0970. The van der Waals surface area contributed by atoms with Gasteiger partial charge in [-0.25, -0.2) is 13.4 Å². The third-order valence-corrected chi connectivity index (χ3v) is 4.40. The fourth-order valence-electron chi connectivity index (χ4n) is 1.16. The molecule has 0 aliphatic heterocycles. The summed E-state index contributed by atoms with van der Waals surface area (Å²) in [6, 6.07) is 0. The van der Waals surface area contributed by atoms with Crippen molar-refractivity contribution in [3.8, 4) is 0 Å². The van der Waals surface area contributed by atoms with Crippen LogP contribution < -0.4 is 0 Å². The van der Waals surface area contributed by atoms with Crippen LogP contribution in [0.3, 0.4) is 0 Å². The molecular weight excluding hydrogens is 294 g/mol. The normalized spacial score (nSPS) is 14.3. The van der Waals surface area contributed by atoms with Gasteiger partial charge in [-0.05, 0) is 6.42 Å². The van der Waals surface area contributed by atoms with E-state index in [0.29, 0.717) is 11.4 Å². The minimum Gasteiger partial charge on any atom is -0.339 e. The summed E-state index contributed by atoms with van der Waals surface area (Å²) < 4.78 is 26.9. The number of hydrogen-bond acceptors (Lipinski definition) is 3. The smallest absolute Gasteiger partial charge is 0.261 e. The van der Waals surface area contributed by atoms with Crippen molar-refractivity contribution >= 4 is 26.0 Å². The maximum Gasteiger partial charge on any atom is 0.261 e. The molecule has 92 valence electrons. The fraction of sp³-hybridized carbons (Fsp3) is 0.667. The number of aromatic nitrogens is 2. The van der Waals surface area contributed by atoms with E-state index in [1.165, 1.54) is 16.8 Å². The molecule has 0 saturated carbocycles. The van der Waals surface area contributed by atoms with E-state index in [4.69, 9.17) is 0 Å². The highest BCUT2D eigenvalue weighted by molar-refractivity contribution is 9.09. The molecule has 16 heavy (non-hydrogen) atoms. The van der Waals surface area contributed by atoms with Crippen LogP contribution in [0.5, 0.6) is 0 Å². The Labute approximate surface area is 105 Å². The molecular formula is C9H16BrN3O2S. The van der Waals surface area contributed by atoms with Gasteiger partial charge in [0.05, 0.1) is 6.33 Å². The number of rotatable bonds is 5. The molecule has 0 aliphatic carbocycles. The Balaban J connectivity index is 2.78. The zero-order valence-corrected chi connectivity index (χ0v) is 12.0. The van der Waals surface area contributed by atoms with Crippen molar-refractivity contribution in [1.29, 1.82) is 0 Å². The molecule has 0 bridgehead atoms. The van der Waals surface area contributed by atoms with Crippen LogP contribution >= 0.6 is 15.9 Å². The second-order valence-corrected chi connectivity index (χ2v) is 7.33. The number of halogens is 1. The van der Waals surface area contributed by atoms with E-state index in [2.05, 4.69) is 20.9 Å². The van der Waals surface area contributed by atoms with Gasteiger partial charge in [-0.15, -0.1) is 0 Å². The van der Waals surface area contributed by atoms with Crippen LogP contribution in [-0.4, -0.2) is 40.7 Å². The van der Waals surface area contributed by atoms with E-state index < -0.39 is 10.0 Å². The van der Waals surface area contributed by atoms with E-state index in [1.807, 2.05) is 6.92 Å². The molecule has 1 atom stereocenters. The van der Waals surface area contributed by atoms with Crippen LogP contribution in [0.2, 0.25) is 0 Å². The molecule has 5 nitrogen and oxygen atoms in total. The first-order valence-corrected chi connectivity index (χ1v) is 7.28. The number of sulfonamides is 1. The monoisotopic (exact) mass is 309 g/mol. The highest BCUT2D eigenvalue weighted by atomic mass is 79.9. The van der Waals surface area contributed by atoms with Crippen molar-refractivity contribution in [1.82, 2.24) is 13.9 Å². The van der Waals surface area contributed by atoms with E-state index >= 15 is 0 Å². The van der Waals surface area contributed by atoms with Crippen molar-refractivity contribution in [2.75, 3.05) is 13.6 Å². The Morgan fingerprint density at radius 2 is 2.25 bits per heavy atom. The standard InChI is InChI=1S/C9H16BrN3O2S/c1-8(10)4-5-13(3)16(14,15)9-6-12(2)7-11-9/h6-8H,4-5H2,1-3H3. The molecule has 0 saturated heterocycles. The molecule has 0 N–H and O–H groups in total. The number of imidazole rings is 1. The minimum absolute atomic E-state index is 0.0970. The fourth-order valence-corrected chi connectivity index (χ4v) is 2.51. The van der Waals surface area contributed by atoms with Crippen LogP contribution in [-0.2, 0) is 17.1 Å². The van der Waals surface area contributed by atoms with Gasteiger partial charge in [0.1, 0.15) is 0 Å². The lowest BCUT2D eigenvalue weighted by atomic mass is 10.3. The lowest BCUT2D eigenvalue weighted by Gasteiger charge is -2.16. The third-order valence-electron chi connectivity index (χ3n) is 2.20. The lowest BCUT2D eigenvalue weighted by molar-refractivity contribution is 0.460. The highest BCUT2D eigenvalue weighted by Crippen LogP contribution is 2.13. The molecule has 0 radical (unpaired) electrons. The van der Waals surface area contributed by atoms with Gasteiger partial charge in [-0.1, -0.05) is 22.9 Å². The van der Waals surface area contributed by atoms with Gasteiger partial charge in [0, 0.05) is 31.7 Å². The van der Waals surface area contributed by atoms with E-state index in [1.54, 1.807) is 18.7 Å². The summed E-state index contributed by atoms with van der Waals surface area (Å²) in [6.07, 6.45) is 3.75. The zero-order chi connectivity index (χ0) is 12.3. The molecule has 1 heterocycles. The second-order valence-electron chi connectivity index (χ2n) is 3.77. The molecule has 7 heteroatoms. The minimum atomic E-state index is -3.43. The number of nitrogens with zero attached hydrogens (tertiary/aromatic N) is 3. The SMILES string of the molecule is CC(Br)CCN(C)S(=O)(=O)c1cn(C)cn1. The van der Waals surface area contributed by atoms with Crippen molar-refractivity contribution < 1.29 is 8.42 Å². The lowest BCUT2D eigenvalue weighted by Crippen LogP contribution is -2.29. The molecule has 0 fully saturated rings. The maximum absolute atomic E-state index is 12.0. The number of hydrogen-bond donors (Lipinski definition) is 0. The number of alkyl halides is 1. The zero-order valence-electron chi connectivity index (χ0n) is 9.59. The molecule has 1 aromatic heterocycles. The molecule has 0 spiro atoms. The van der Waals surface area contributed by atoms with Crippen LogP contribution in [0.15, 0.2) is 17.6 Å². The van der Waals surface area contributed by atoms with E-state index in [9.17, 15) is 8.42 Å². The quantitative estimate of drug-likeness (QED) is 0.768. The van der Waals surface area contributed by atoms with Crippen molar-refractivity contribution in [3.63, 3.8) is 0 Å². The van der Waals surface area contributed by atoms with Gasteiger partial charge in [0.15, 0.2) is 5.03 Å². The summed E-state index contributed by atoms with van der Waals surface area (Å²) in [7, 11) is -0.122. The molecule has 1 rings (SSSR count). The Kier molecular flexibility index (Phi) is 4.52. The predicted molar refractivity (Wildman–Crippen MR) is 66.0 cm³/mol. The van der Waals surface area contributed by atoms with Crippen LogP contribution in [0.25, 0.3) is 0 Å². The third kappa shape index (κ3) is 3.29. The summed E-state index contributed by atoms with van der Waals surface area (Å²) in [5.74, 6) is 0. The van der Waals surface area contributed by atoms with Gasteiger partial charge in [-0.2, -0.15) is 4.31 Å². The maximum atomic E-state index is 12.0. The second kappa shape index (κ2) is 5.29. The topological polar surface area (TPSA) is 55.2 Å². The first-order valence-electron chi connectivity index (χ1n) is 4.92. The van der Waals surface area contributed by atoms with Gasteiger partial charge in [0.25, 0.3) is 10.0 Å². The van der Waals surface area contributed by atoms with Gasteiger partial charge < -0.3 is 4.57 Å². The summed E-state index contributed by atoms with van der Waals surface area (Å²) in [4.78, 5) is 4.16. The first-order chi connectivity index (χ1) is 7.34. The van der Waals surface area contributed by atoms with Crippen LogP contribution in [0, 0.1) is 0 Å². The Hall–Kier alpha value is -0.400. The summed E-state index contributed by atoms with van der Waals surface area (Å²) >= 11 is 3.39. The van der Waals surface area contributed by atoms with Gasteiger partial charge in [-0.3, -0.25) is 0 Å². The first kappa shape index (κ1) is 13.7. The van der Waals surface area contributed by atoms with E-state index in [0.717, 1.165) is 6.42 Å². The molecule has 0 aliphatic rings. The predicted octanol–water partition coefficient (Wildman–Crippen LogP) is 1.21. The average molecular weight is 310 g/mol. The Morgan fingerprint density at radius 1 is 1.62 bits per heavy atom. The van der Waals surface area contributed by atoms with Crippen molar-refractivity contribution in [2.24, 2.45) is 7.05 Å². The van der Waals surface area contributed by atoms with Crippen LogP contribution in [0.1, 0.15) is 13.3 Å². The Morgan fingerprint density at radius 3 is 2.69 bits per heavy atom. The largest absolute Gasteiger partial charge is 0.339 e.